The fourth-order valence-electron chi connectivity index (χ4n) is 3.03. The van der Waals surface area contributed by atoms with Crippen LogP contribution in [-0.2, 0) is 0 Å². The van der Waals surface area contributed by atoms with E-state index in [1.165, 1.54) is 6.20 Å². The lowest BCUT2D eigenvalue weighted by molar-refractivity contribution is 0.171. The van der Waals surface area contributed by atoms with Gasteiger partial charge >= 0.3 is 0 Å². The van der Waals surface area contributed by atoms with E-state index in [0.717, 1.165) is 24.9 Å². The molecule has 118 valence electrons. The molecule has 2 unspecified atom stereocenters. The number of hydrogen-bond donors (Lipinski definition) is 3. The van der Waals surface area contributed by atoms with E-state index in [4.69, 9.17) is 0 Å². The molecule has 4 rings (SSSR count). The van der Waals surface area contributed by atoms with Gasteiger partial charge in [0.1, 0.15) is 5.39 Å². The average Bonchev–Trinajstić information content (AvgIpc) is 3.15. The van der Waals surface area contributed by atoms with Crippen LogP contribution >= 0.6 is 0 Å². The van der Waals surface area contributed by atoms with Gasteiger partial charge < -0.3 is 10.4 Å². The predicted octanol–water partition coefficient (Wildman–Crippen LogP) is 1.43. The van der Waals surface area contributed by atoms with Crippen LogP contribution in [0.2, 0.25) is 0 Å². The number of aromatic amines is 1. The van der Waals surface area contributed by atoms with Gasteiger partial charge in [-0.1, -0.05) is 18.2 Å². The van der Waals surface area contributed by atoms with E-state index in [2.05, 4.69) is 20.4 Å². The second kappa shape index (κ2) is 5.51. The molecule has 7 heteroatoms. The minimum absolute atomic E-state index is 0.0799. The Morgan fingerprint density at radius 3 is 2.83 bits per heavy atom. The number of anilines is 1. The summed E-state index contributed by atoms with van der Waals surface area (Å²) in [5, 5.41) is 17.8. The molecular weight excluding hydrogens is 294 g/mol. The normalized spacial score (nSPS) is 20.9. The Labute approximate surface area is 132 Å². The highest BCUT2D eigenvalue weighted by atomic mass is 16.3. The van der Waals surface area contributed by atoms with Gasteiger partial charge in [0.05, 0.1) is 24.0 Å². The number of aliphatic hydroxyl groups excluding tert-OH is 1. The second-order valence-electron chi connectivity index (χ2n) is 5.79. The van der Waals surface area contributed by atoms with Crippen molar-refractivity contribution in [3.8, 4) is 5.69 Å². The molecule has 0 spiro atoms. The van der Waals surface area contributed by atoms with Crippen LogP contribution in [0.15, 0.2) is 41.3 Å². The molecule has 2 atom stereocenters. The third-order valence-corrected chi connectivity index (χ3v) is 4.24. The molecule has 7 nitrogen and oxygen atoms in total. The average molecular weight is 311 g/mol. The van der Waals surface area contributed by atoms with Crippen molar-refractivity contribution in [2.75, 3.05) is 5.32 Å². The maximum absolute atomic E-state index is 12.2. The van der Waals surface area contributed by atoms with Crippen molar-refractivity contribution < 1.29 is 5.11 Å². The monoisotopic (exact) mass is 311 g/mol. The molecule has 0 bridgehead atoms. The molecule has 1 aromatic carbocycles. The van der Waals surface area contributed by atoms with Gasteiger partial charge in [0.2, 0.25) is 5.95 Å². The SMILES string of the molecule is O=c1[nH]c(NC2CCCC2O)nc2c1cnn2-c1ccccc1. The number of aliphatic hydroxyl groups is 1. The smallest absolute Gasteiger partial charge is 0.263 e. The lowest BCUT2D eigenvalue weighted by Gasteiger charge is -2.16. The van der Waals surface area contributed by atoms with Gasteiger partial charge in [-0.3, -0.25) is 9.78 Å². The predicted molar refractivity (Wildman–Crippen MR) is 86.8 cm³/mol. The lowest BCUT2D eigenvalue weighted by Crippen LogP contribution is -2.30. The molecule has 3 N–H and O–H groups in total. The second-order valence-corrected chi connectivity index (χ2v) is 5.79. The van der Waals surface area contributed by atoms with Crippen LogP contribution in [0.25, 0.3) is 16.7 Å². The molecular formula is C16H17N5O2. The van der Waals surface area contributed by atoms with E-state index in [0.29, 0.717) is 17.0 Å². The Hall–Kier alpha value is -2.67. The molecule has 0 aliphatic heterocycles. The standard InChI is InChI=1S/C16H17N5O2/c22-13-8-4-7-12(13)18-16-19-14-11(15(23)20-16)9-17-21(14)10-5-2-1-3-6-10/h1-3,5-6,9,12-13,22H,4,7-8H2,(H2,18,19,20,23). The van der Waals surface area contributed by atoms with E-state index in [9.17, 15) is 9.90 Å². The van der Waals surface area contributed by atoms with Gasteiger partial charge in [0.15, 0.2) is 5.65 Å². The van der Waals surface area contributed by atoms with Crippen LogP contribution in [0.1, 0.15) is 19.3 Å². The van der Waals surface area contributed by atoms with Crippen LogP contribution in [0.4, 0.5) is 5.95 Å². The van der Waals surface area contributed by atoms with Gasteiger partial charge in [-0.15, -0.1) is 0 Å². The zero-order chi connectivity index (χ0) is 15.8. The number of rotatable bonds is 3. The molecule has 0 saturated heterocycles. The van der Waals surface area contributed by atoms with Crippen molar-refractivity contribution >= 4 is 17.0 Å². The summed E-state index contributed by atoms with van der Waals surface area (Å²) in [6.07, 6.45) is 3.71. The first kappa shape index (κ1) is 14.0. The number of hydrogen-bond acceptors (Lipinski definition) is 5. The van der Waals surface area contributed by atoms with Crippen LogP contribution < -0.4 is 10.9 Å². The minimum atomic E-state index is -0.407. The van der Waals surface area contributed by atoms with Crippen LogP contribution in [0.5, 0.6) is 0 Å². The number of nitrogens with one attached hydrogen (secondary N) is 2. The third kappa shape index (κ3) is 2.49. The van der Waals surface area contributed by atoms with Crippen LogP contribution in [0, 0.1) is 0 Å². The molecule has 1 saturated carbocycles. The number of para-hydroxylation sites is 1. The van der Waals surface area contributed by atoms with Crippen molar-refractivity contribution in [1.29, 1.82) is 0 Å². The van der Waals surface area contributed by atoms with E-state index in [1.54, 1.807) is 4.68 Å². The lowest BCUT2D eigenvalue weighted by atomic mass is 10.2. The first-order valence-corrected chi connectivity index (χ1v) is 7.70. The first-order chi connectivity index (χ1) is 11.2. The quantitative estimate of drug-likeness (QED) is 0.680. The molecule has 1 fully saturated rings. The summed E-state index contributed by atoms with van der Waals surface area (Å²) in [7, 11) is 0. The number of aromatic nitrogens is 4. The van der Waals surface area contributed by atoms with Crippen LogP contribution in [0.3, 0.4) is 0 Å². The van der Waals surface area contributed by atoms with E-state index in [-0.39, 0.29) is 11.6 Å². The molecule has 1 aliphatic carbocycles. The van der Waals surface area contributed by atoms with Gasteiger partial charge in [-0.05, 0) is 31.4 Å². The minimum Gasteiger partial charge on any atom is -0.391 e. The van der Waals surface area contributed by atoms with Gasteiger partial charge in [-0.2, -0.15) is 10.1 Å². The first-order valence-electron chi connectivity index (χ1n) is 7.70. The summed E-state index contributed by atoms with van der Waals surface area (Å²) < 4.78 is 1.64. The molecule has 1 aliphatic rings. The summed E-state index contributed by atoms with van der Waals surface area (Å²) in [4.78, 5) is 19.5. The van der Waals surface area contributed by atoms with Crippen LogP contribution in [-0.4, -0.2) is 37.0 Å². The maximum atomic E-state index is 12.2. The Morgan fingerprint density at radius 1 is 1.26 bits per heavy atom. The number of benzene rings is 1. The van der Waals surface area contributed by atoms with Crippen molar-refractivity contribution in [3.05, 3.63) is 46.9 Å². The summed E-state index contributed by atoms with van der Waals surface area (Å²) in [5.41, 5.74) is 1.09. The number of fused-ring (bicyclic) bond motifs is 1. The van der Waals surface area contributed by atoms with E-state index < -0.39 is 6.10 Å². The topological polar surface area (TPSA) is 95.8 Å². The molecule has 23 heavy (non-hydrogen) atoms. The van der Waals surface area contributed by atoms with Gasteiger partial charge in [0.25, 0.3) is 5.56 Å². The van der Waals surface area contributed by atoms with Crippen molar-refractivity contribution in [2.24, 2.45) is 0 Å². The molecule has 2 aromatic heterocycles. The highest BCUT2D eigenvalue weighted by molar-refractivity contribution is 5.76. The Kier molecular flexibility index (Phi) is 3.34. The number of nitrogens with zero attached hydrogens (tertiary/aromatic N) is 3. The number of H-pyrrole nitrogens is 1. The fourth-order valence-corrected chi connectivity index (χ4v) is 3.03. The summed E-state index contributed by atoms with van der Waals surface area (Å²) in [5.74, 6) is 0.367. The fraction of sp³-hybridized carbons (Fsp3) is 0.312. The van der Waals surface area contributed by atoms with Crippen molar-refractivity contribution in [2.45, 2.75) is 31.4 Å². The summed E-state index contributed by atoms with van der Waals surface area (Å²) >= 11 is 0. The Morgan fingerprint density at radius 2 is 2.09 bits per heavy atom. The molecule has 0 radical (unpaired) electrons. The Balaban J connectivity index is 1.78. The van der Waals surface area contributed by atoms with Crippen molar-refractivity contribution in [1.82, 2.24) is 19.7 Å². The molecule has 0 amide bonds. The van der Waals surface area contributed by atoms with Gasteiger partial charge in [0, 0.05) is 0 Å². The molecule has 2 heterocycles. The maximum Gasteiger partial charge on any atom is 0.263 e. The largest absolute Gasteiger partial charge is 0.391 e. The van der Waals surface area contributed by atoms with Crippen molar-refractivity contribution in [3.63, 3.8) is 0 Å². The summed E-state index contributed by atoms with van der Waals surface area (Å²) in [6, 6.07) is 9.47. The molecule has 3 aromatic rings. The third-order valence-electron chi connectivity index (χ3n) is 4.24. The van der Waals surface area contributed by atoms with E-state index in [1.807, 2.05) is 30.3 Å². The summed E-state index contributed by atoms with van der Waals surface area (Å²) in [6.45, 7) is 0. The highest BCUT2D eigenvalue weighted by Gasteiger charge is 2.25. The highest BCUT2D eigenvalue weighted by Crippen LogP contribution is 2.22. The van der Waals surface area contributed by atoms with E-state index >= 15 is 0 Å². The van der Waals surface area contributed by atoms with Gasteiger partial charge in [-0.25, -0.2) is 4.68 Å². The zero-order valence-electron chi connectivity index (χ0n) is 12.4. The zero-order valence-corrected chi connectivity index (χ0v) is 12.4. The Bertz CT molecular complexity index is 886.